The molecular formula is C24H36N8O. The number of rotatable bonds is 8. The van der Waals surface area contributed by atoms with Gasteiger partial charge in [-0.2, -0.15) is 20.1 Å². The van der Waals surface area contributed by atoms with E-state index in [0.717, 1.165) is 82.5 Å². The molecule has 0 saturated carbocycles. The molecule has 178 valence electrons. The number of hydrogen-bond acceptors (Lipinski definition) is 9. The average Bonchev–Trinajstić information content (AvgIpc) is 2.87. The second-order valence-corrected chi connectivity index (χ2v) is 8.64. The van der Waals surface area contributed by atoms with E-state index in [4.69, 9.17) is 4.98 Å². The molecule has 0 atom stereocenters. The number of piperidine rings is 2. The van der Waals surface area contributed by atoms with Crippen molar-refractivity contribution in [3.8, 4) is 5.75 Å². The third-order valence-corrected chi connectivity index (χ3v) is 6.40. The van der Waals surface area contributed by atoms with Crippen molar-refractivity contribution in [1.82, 2.24) is 15.0 Å². The number of aromatic hydroxyl groups is 1. The summed E-state index contributed by atoms with van der Waals surface area (Å²) >= 11 is 0. The smallest absolute Gasteiger partial charge is 0.250 e. The zero-order chi connectivity index (χ0) is 23.0. The van der Waals surface area contributed by atoms with Gasteiger partial charge in [-0.05, 0) is 64.5 Å². The summed E-state index contributed by atoms with van der Waals surface area (Å²) in [6, 6.07) is 5.65. The molecule has 1 aromatic carbocycles. The van der Waals surface area contributed by atoms with Crippen molar-refractivity contribution in [3.63, 3.8) is 0 Å². The van der Waals surface area contributed by atoms with Gasteiger partial charge in [-0.15, -0.1) is 0 Å². The van der Waals surface area contributed by atoms with E-state index in [1.165, 1.54) is 12.8 Å². The predicted molar refractivity (Wildman–Crippen MR) is 135 cm³/mol. The number of nitrogens with one attached hydrogen (secondary N) is 1. The van der Waals surface area contributed by atoms with Crippen molar-refractivity contribution in [3.05, 3.63) is 23.8 Å². The summed E-state index contributed by atoms with van der Waals surface area (Å²) in [6.07, 6.45) is 8.76. The summed E-state index contributed by atoms with van der Waals surface area (Å²) in [5, 5.41) is 14.8. The Hall–Kier alpha value is -3.10. The van der Waals surface area contributed by atoms with Crippen LogP contribution in [0.5, 0.6) is 5.75 Å². The Bertz CT molecular complexity index is 898. The molecule has 0 radical (unpaired) electrons. The molecule has 3 heterocycles. The van der Waals surface area contributed by atoms with E-state index >= 15 is 0 Å². The Morgan fingerprint density at radius 1 is 0.909 bits per heavy atom. The number of hydrogen-bond donors (Lipinski definition) is 2. The molecule has 2 aromatic rings. The molecule has 33 heavy (non-hydrogen) atoms. The fourth-order valence-electron chi connectivity index (χ4n) is 4.46. The fraction of sp³-hybridized carbons (Fsp3) is 0.583. The average molecular weight is 453 g/mol. The van der Waals surface area contributed by atoms with Gasteiger partial charge in [0, 0.05) is 56.6 Å². The van der Waals surface area contributed by atoms with Gasteiger partial charge in [-0.3, -0.25) is 0 Å². The summed E-state index contributed by atoms with van der Waals surface area (Å²) in [4.78, 5) is 20.8. The molecule has 2 aliphatic heterocycles. The van der Waals surface area contributed by atoms with Gasteiger partial charge in [0.05, 0.1) is 6.21 Å². The first kappa shape index (κ1) is 23.1. The lowest BCUT2D eigenvalue weighted by molar-refractivity contribution is 0.474. The molecule has 2 fully saturated rings. The van der Waals surface area contributed by atoms with Crippen LogP contribution in [0, 0.1) is 0 Å². The maximum atomic E-state index is 10.5. The van der Waals surface area contributed by atoms with Gasteiger partial charge in [-0.1, -0.05) is 0 Å². The van der Waals surface area contributed by atoms with Gasteiger partial charge in [-0.25, -0.2) is 5.43 Å². The minimum Gasteiger partial charge on any atom is -0.507 e. The number of anilines is 4. The van der Waals surface area contributed by atoms with Crippen molar-refractivity contribution >= 4 is 29.7 Å². The Morgan fingerprint density at radius 2 is 1.48 bits per heavy atom. The number of phenolic OH excluding ortho intramolecular Hbond substituents is 1. The van der Waals surface area contributed by atoms with Crippen LogP contribution in [0.1, 0.15) is 57.9 Å². The zero-order valence-electron chi connectivity index (χ0n) is 19.9. The predicted octanol–water partition coefficient (Wildman–Crippen LogP) is 3.85. The van der Waals surface area contributed by atoms with Crippen LogP contribution >= 0.6 is 0 Å². The molecule has 0 spiro atoms. The Balaban J connectivity index is 1.52. The topological polar surface area (TPSA) is 93.0 Å². The maximum absolute atomic E-state index is 10.5. The van der Waals surface area contributed by atoms with E-state index in [9.17, 15) is 5.11 Å². The van der Waals surface area contributed by atoms with Gasteiger partial charge in [0.25, 0.3) is 0 Å². The molecule has 0 amide bonds. The summed E-state index contributed by atoms with van der Waals surface area (Å²) in [7, 11) is 0. The first-order valence-electron chi connectivity index (χ1n) is 12.3. The fourth-order valence-corrected chi connectivity index (χ4v) is 4.46. The number of phenols is 1. The molecule has 9 nitrogen and oxygen atoms in total. The van der Waals surface area contributed by atoms with Crippen molar-refractivity contribution in [1.29, 1.82) is 0 Å². The highest BCUT2D eigenvalue weighted by atomic mass is 16.3. The van der Waals surface area contributed by atoms with E-state index < -0.39 is 0 Å². The largest absolute Gasteiger partial charge is 0.507 e. The minimum absolute atomic E-state index is 0.198. The number of hydrazone groups is 1. The van der Waals surface area contributed by atoms with E-state index in [1.807, 2.05) is 12.1 Å². The van der Waals surface area contributed by atoms with E-state index in [0.29, 0.717) is 11.5 Å². The first-order chi connectivity index (χ1) is 16.2. The highest BCUT2D eigenvalue weighted by molar-refractivity contribution is 5.84. The van der Waals surface area contributed by atoms with Crippen LogP contribution in [0.2, 0.25) is 0 Å². The Kier molecular flexibility index (Phi) is 7.80. The van der Waals surface area contributed by atoms with Crippen molar-refractivity contribution in [2.75, 3.05) is 59.4 Å². The highest BCUT2D eigenvalue weighted by Gasteiger charge is 2.20. The van der Waals surface area contributed by atoms with Gasteiger partial charge in [0.1, 0.15) is 5.75 Å². The van der Waals surface area contributed by atoms with Crippen molar-refractivity contribution in [2.45, 2.75) is 52.4 Å². The van der Waals surface area contributed by atoms with Crippen molar-refractivity contribution in [2.24, 2.45) is 5.10 Å². The third kappa shape index (κ3) is 5.83. The summed E-state index contributed by atoms with van der Waals surface area (Å²) in [6.45, 7) is 9.87. The molecule has 0 unspecified atom stereocenters. The van der Waals surface area contributed by atoms with Crippen LogP contribution in [0.4, 0.5) is 23.5 Å². The Labute approximate surface area is 196 Å². The van der Waals surface area contributed by atoms with Gasteiger partial charge >= 0.3 is 0 Å². The SMILES string of the molecule is CCN(CC)c1ccc(C=NNc2nc(N3CCCCC3)nc(N3CCCCC3)n2)c(O)c1. The molecule has 0 aliphatic carbocycles. The highest BCUT2D eigenvalue weighted by Crippen LogP contribution is 2.24. The van der Waals surface area contributed by atoms with Crippen LogP contribution in [0.3, 0.4) is 0 Å². The zero-order valence-corrected chi connectivity index (χ0v) is 19.9. The van der Waals surface area contributed by atoms with Crippen LogP contribution in [0.25, 0.3) is 0 Å². The molecule has 4 rings (SSSR count). The molecule has 2 N–H and O–H groups in total. The van der Waals surface area contributed by atoms with E-state index in [-0.39, 0.29) is 5.75 Å². The molecule has 2 aliphatic rings. The molecule has 0 bridgehead atoms. The number of aromatic nitrogens is 3. The molecule has 9 heteroatoms. The number of nitrogens with zero attached hydrogens (tertiary/aromatic N) is 7. The Morgan fingerprint density at radius 3 is 2.00 bits per heavy atom. The van der Waals surface area contributed by atoms with Gasteiger partial charge < -0.3 is 19.8 Å². The maximum Gasteiger partial charge on any atom is 0.250 e. The van der Waals surface area contributed by atoms with Crippen molar-refractivity contribution < 1.29 is 5.11 Å². The molecule has 2 saturated heterocycles. The van der Waals surface area contributed by atoms with Crippen LogP contribution in [-0.4, -0.2) is 65.5 Å². The standard InChI is InChI=1S/C24H36N8O/c1-3-30(4-2)20-12-11-19(21(33)17-20)18-25-29-22-26-23(31-13-7-5-8-14-31)28-24(27-22)32-15-9-6-10-16-32/h11-12,17-18,33H,3-10,13-16H2,1-2H3,(H,26,27,28,29). The summed E-state index contributed by atoms with van der Waals surface area (Å²) in [5.74, 6) is 2.06. The van der Waals surface area contributed by atoms with Crippen LogP contribution in [0.15, 0.2) is 23.3 Å². The minimum atomic E-state index is 0.198. The monoisotopic (exact) mass is 452 g/mol. The van der Waals surface area contributed by atoms with Crippen LogP contribution in [-0.2, 0) is 0 Å². The van der Waals surface area contributed by atoms with E-state index in [1.54, 1.807) is 12.3 Å². The van der Waals surface area contributed by atoms with Gasteiger partial charge in [0.15, 0.2) is 0 Å². The lowest BCUT2D eigenvalue weighted by Gasteiger charge is -2.30. The lowest BCUT2D eigenvalue weighted by Crippen LogP contribution is -2.34. The van der Waals surface area contributed by atoms with Crippen LogP contribution < -0.4 is 20.1 Å². The number of benzene rings is 1. The molecule has 1 aromatic heterocycles. The molecular weight excluding hydrogens is 416 g/mol. The third-order valence-electron chi connectivity index (χ3n) is 6.40. The van der Waals surface area contributed by atoms with E-state index in [2.05, 4.69) is 49.0 Å². The summed E-state index contributed by atoms with van der Waals surface area (Å²) < 4.78 is 0. The lowest BCUT2D eigenvalue weighted by atomic mass is 10.1. The van der Waals surface area contributed by atoms with Gasteiger partial charge in [0.2, 0.25) is 17.8 Å². The second-order valence-electron chi connectivity index (χ2n) is 8.64. The second kappa shape index (κ2) is 11.2. The quantitative estimate of drug-likeness (QED) is 0.461. The summed E-state index contributed by atoms with van der Waals surface area (Å²) in [5.41, 5.74) is 4.61. The normalized spacial score (nSPS) is 16.9. The first-order valence-corrected chi connectivity index (χ1v) is 12.3.